The molecular weight excluding hydrogens is 350 g/mol. The van der Waals surface area contributed by atoms with Gasteiger partial charge in [0, 0.05) is 11.8 Å². The third-order valence-electron chi connectivity index (χ3n) is 7.03. The van der Waals surface area contributed by atoms with Crippen LogP contribution in [0.1, 0.15) is 95.6 Å². The Labute approximate surface area is 179 Å². The van der Waals surface area contributed by atoms with Crippen molar-refractivity contribution in [3.05, 3.63) is 53.7 Å². The fourth-order valence-electron chi connectivity index (χ4n) is 4.82. The summed E-state index contributed by atoms with van der Waals surface area (Å²) in [5.74, 6) is 1.96. The number of hydrogen-bond donors (Lipinski definition) is 0. The van der Waals surface area contributed by atoms with Crippen LogP contribution in [0.4, 0.5) is 0 Å². The van der Waals surface area contributed by atoms with E-state index in [-0.39, 0.29) is 0 Å². The lowest BCUT2D eigenvalue weighted by Crippen LogP contribution is -2.14. The molecule has 1 nitrogen and oxygen atoms in total. The number of pyridine rings is 1. The van der Waals surface area contributed by atoms with Crippen molar-refractivity contribution >= 4 is 0 Å². The lowest BCUT2D eigenvalue weighted by Gasteiger charge is -2.27. The Bertz CT molecular complexity index is 677. The first-order valence-electron chi connectivity index (χ1n) is 12.3. The van der Waals surface area contributed by atoms with Crippen molar-refractivity contribution in [1.82, 2.24) is 4.98 Å². The van der Waals surface area contributed by atoms with Crippen LogP contribution in [0.25, 0.3) is 11.3 Å². The van der Waals surface area contributed by atoms with Crippen LogP contribution in [0, 0.1) is 11.8 Å². The number of unbranched alkanes of at least 4 members (excludes halogenated alkanes) is 4. The molecule has 2 aromatic rings. The lowest BCUT2D eigenvalue weighted by atomic mass is 9.78. The van der Waals surface area contributed by atoms with E-state index in [9.17, 15) is 0 Å². The highest BCUT2D eigenvalue weighted by Gasteiger charge is 2.19. The van der Waals surface area contributed by atoms with Gasteiger partial charge in [-0.25, -0.2) is 0 Å². The molecule has 0 unspecified atom stereocenters. The summed E-state index contributed by atoms with van der Waals surface area (Å²) in [6.07, 6.45) is 19.7. The van der Waals surface area contributed by atoms with Gasteiger partial charge >= 0.3 is 0 Å². The molecule has 0 radical (unpaired) electrons. The molecule has 0 atom stereocenters. The zero-order chi connectivity index (χ0) is 20.3. The molecule has 1 heterocycles. The van der Waals surface area contributed by atoms with E-state index in [2.05, 4.69) is 56.4 Å². The Morgan fingerprint density at radius 3 is 2.07 bits per heavy atom. The number of hydrogen-bond acceptors (Lipinski definition) is 1. The Balaban J connectivity index is 1.43. The zero-order valence-corrected chi connectivity index (χ0v) is 18.8. The molecule has 1 aliphatic rings. The number of aromatic nitrogens is 1. The van der Waals surface area contributed by atoms with Crippen molar-refractivity contribution in [2.75, 3.05) is 0 Å². The predicted octanol–water partition coefficient (Wildman–Crippen LogP) is 8.41. The van der Waals surface area contributed by atoms with E-state index in [4.69, 9.17) is 4.98 Å². The van der Waals surface area contributed by atoms with E-state index in [1.54, 1.807) is 0 Å². The van der Waals surface area contributed by atoms with Gasteiger partial charge in [-0.05, 0) is 54.7 Å². The van der Waals surface area contributed by atoms with Gasteiger partial charge in [0.05, 0.1) is 5.69 Å². The average molecular weight is 392 g/mol. The molecule has 29 heavy (non-hydrogen) atoms. The fraction of sp³-hybridized carbons (Fsp3) is 0.607. The minimum atomic E-state index is 0.952. The van der Waals surface area contributed by atoms with E-state index < -0.39 is 0 Å². The summed E-state index contributed by atoms with van der Waals surface area (Å²) in [4.78, 5) is 4.73. The molecular formula is C28H41N. The highest BCUT2D eigenvalue weighted by Crippen LogP contribution is 2.33. The maximum Gasteiger partial charge on any atom is 0.0702 e. The van der Waals surface area contributed by atoms with Gasteiger partial charge in [0.15, 0.2) is 0 Å². The van der Waals surface area contributed by atoms with Crippen molar-refractivity contribution in [3.63, 3.8) is 0 Å². The van der Waals surface area contributed by atoms with Crippen molar-refractivity contribution in [2.24, 2.45) is 11.8 Å². The van der Waals surface area contributed by atoms with Gasteiger partial charge in [-0.3, -0.25) is 4.98 Å². The van der Waals surface area contributed by atoms with E-state index in [1.165, 1.54) is 93.7 Å². The van der Waals surface area contributed by atoms with Crippen LogP contribution in [0.15, 0.2) is 42.6 Å². The normalized spacial score (nSPS) is 19.4. The molecule has 0 aliphatic heterocycles. The standard InChI is InChI=1S/C28H41N/c1-3-5-6-7-8-9-26-18-21-28(29-22-26)27-19-16-25(17-20-27)15-14-24-12-10-23(4-2)11-13-24/h16-24H,3-15H2,1-2H3. The van der Waals surface area contributed by atoms with Crippen LogP contribution < -0.4 is 0 Å². The minimum Gasteiger partial charge on any atom is -0.256 e. The summed E-state index contributed by atoms with van der Waals surface area (Å²) in [5, 5.41) is 0. The van der Waals surface area contributed by atoms with Gasteiger partial charge in [-0.2, -0.15) is 0 Å². The van der Waals surface area contributed by atoms with Crippen LogP contribution in [0.2, 0.25) is 0 Å². The van der Waals surface area contributed by atoms with Gasteiger partial charge in [-0.1, -0.05) is 102 Å². The monoisotopic (exact) mass is 391 g/mol. The first-order chi connectivity index (χ1) is 14.3. The minimum absolute atomic E-state index is 0.952. The third kappa shape index (κ3) is 7.28. The van der Waals surface area contributed by atoms with Gasteiger partial charge < -0.3 is 0 Å². The highest BCUT2D eigenvalue weighted by molar-refractivity contribution is 5.59. The van der Waals surface area contributed by atoms with E-state index >= 15 is 0 Å². The van der Waals surface area contributed by atoms with Gasteiger partial charge in [0.25, 0.3) is 0 Å². The van der Waals surface area contributed by atoms with Crippen molar-refractivity contribution in [1.29, 1.82) is 0 Å². The van der Waals surface area contributed by atoms with Crippen molar-refractivity contribution in [3.8, 4) is 11.3 Å². The summed E-state index contributed by atoms with van der Waals surface area (Å²) >= 11 is 0. The average Bonchev–Trinajstić information content (AvgIpc) is 2.79. The van der Waals surface area contributed by atoms with Gasteiger partial charge in [0.1, 0.15) is 0 Å². The van der Waals surface area contributed by atoms with Crippen molar-refractivity contribution < 1.29 is 0 Å². The van der Waals surface area contributed by atoms with Gasteiger partial charge in [-0.15, -0.1) is 0 Å². The fourth-order valence-corrected chi connectivity index (χ4v) is 4.82. The van der Waals surface area contributed by atoms with E-state index in [0.29, 0.717) is 0 Å². The van der Waals surface area contributed by atoms with Crippen LogP contribution in [-0.4, -0.2) is 4.98 Å². The number of rotatable bonds is 11. The molecule has 0 amide bonds. The maximum absolute atomic E-state index is 4.73. The molecule has 0 bridgehead atoms. The van der Waals surface area contributed by atoms with Crippen LogP contribution in [-0.2, 0) is 12.8 Å². The summed E-state index contributed by atoms with van der Waals surface area (Å²) in [6.45, 7) is 4.62. The Kier molecular flexibility index (Phi) is 9.25. The summed E-state index contributed by atoms with van der Waals surface area (Å²) in [6, 6.07) is 13.6. The molecule has 1 heteroatoms. The SMILES string of the molecule is CCCCCCCc1ccc(-c2ccc(CCC3CCC(CC)CC3)cc2)nc1. The molecule has 0 N–H and O–H groups in total. The van der Waals surface area contributed by atoms with Crippen LogP contribution >= 0.6 is 0 Å². The molecule has 0 saturated heterocycles. The topological polar surface area (TPSA) is 12.9 Å². The first kappa shape index (κ1) is 22.1. The van der Waals surface area contributed by atoms with Gasteiger partial charge in [0.2, 0.25) is 0 Å². The number of benzene rings is 1. The number of aryl methyl sites for hydroxylation is 2. The van der Waals surface area contributed by atoms with Crippen LogP contribution in [0.3, 0.4) is 0 Å². The second-order valence-electron chi connectivity index (χ2n) is 9.25. The lowest BCUT2D eigenvalue weighted by molar-refractivity contribution is 0.259. The Morgan fingerprint density at radius 1 is 0.724 bits per heavy atom. The molecule has 1 saturated carbocycles. The molecule has 0 spiro atoms. The highest BCUT2D eigenvalue weighted by atomic mass is 14.7. The van der Waals surface area contributed by atoms with Crippen LogP contribution in [0.5, 0.6) is 0 Å². The first-order valence-corrected chi connectivity index (χ1v) is 12.3. The second-order valence-corrected chi connectivity index (χ2v) is 9.25. The largest absolute Gasteiger partial charge is 0.256 e. The maximum atomic E-state index is 4.73. The molecule has 1 aliphatic carbocycles. The van der Waals surface area contributed by atoms with Crippen molar-refractivity contribution in [2.45, 2.75) is 97.3 Å². The summed E-state index contributed by atoms with van der Waals surface area (Å²) in [7, 11) is 0. The smallest absolute Gasteiger partial charge is 0.0702 e. The predicted molar refractivity (Wildman–Crippen MR) is 126 cm³/mol. The van der Waals surface area contributed by atoms with E-state index in [0.717, 1.165) is 24.0 Å². The summed E-state index contributed by atoms with van der Waals surface area (Å²) < 4.78 is 0. The molecule has 1 aromatic heterocycles. The molecule has 158 valence electrons. The quantitative estimate of drug-likeness (QED) is 0.350. The molecule has 1 fully saturated rings. The van der Waals surface area contributed by atoms with E-state index in [1.807, 2.05) is 0 Å². The Hall–Kier alpha value is -1.63. The Morgan fingerprint density at radius 2 is 1.41 bits per heavy atom. The molecule has 3 rings (SSSR count). The molecule has 1 aromatic carbocycles. The summed E-state index contributed by atoms with van der Waals surface area (Å²) in [5.41, 5.74) is 5.20. The number of nitrogens with zero attached hydrogens (tertiary/aromatic N) is 1. The third-order valence-corrected chi connectivity index (χ3v) is 7.03. The second kappa shape index (κ2) is 12.2. The zero-order valence-electron chi connectivity index (χ0n) is 18.8.